The van der Waals surface area contributed by atoms with Gasteiger partial charge in [-0.05, 0) is 43.2 Å². The largest absolute Gasteiger partial charge is 0.492 e. The smallest absolute Gasteiger partial charge is 0.265 e. The van der Waals surface area contributed by atoms with Gasteiger partial charge in [-0.1, -0.05) is 36.7 Å². The van der Waals surface area contributed by atoms with Gasteiger partial charge in [0.15, 0.2) is 0 Å². The van der Waals surface area contributed by atoms with Crippen molar-refractivity contribution in [2.75, 3.05) is 11.3 Å². The van der Waals surface area contributed by atoms with Gasteiger partial charge in [-0.25, -0.2) is 8.42 Å². The molecule has 0 radical (unpaired) electrons. The minimum atomic E-state index is -3.78. The van der Waals surface area contributed by atoms with E-state index in [1.54, 1.807) is 31.2 Å². The number of para-hydroxylation sites is 1. The fraction of sp³-hybridized carbons (Fsp3) is 0.250. The van der Waals surface area contributed by atoms with E-state index in [4.69, 9.17) is 16.3 Å². The summed E-state index contributed by atoms with van der Waals surface area (Å²) in [6.45, 7) is 4.14. The Kier molecular flexibility index (Phi) is 5.32. The lowest BCUT2D eigenvalue weighted by atomic mass is 10.1. The van der Waals surface area contributed by atoms with E-state index in [-0.39, 0.29) is 10.6 Å². The van der Waals surface area contributed by atoms with Crippen molar-refractivity contribution >= 4 is 27.3 Å². The molecule has 0 unspecified atom stereocenters. The number of ether oxygens (including phenoxy) is 1. The highest BCUT2D eigenvalue weighted by Gasteiger charge is 2.21. The third-order valence-electron chi connectivity index (χ3n) is 3.14. The van der Waals surface area contributed by atoms with Gasteiger partial charge in [-0.2, -0.15) is 0 Å². The monoisotopic (exact) mass is 339 g/mol. The summed E-state index contributed by atoms with van der Waals surface area (Å²) in [6, 6.07) is 11.8. The van der Waals surface area contributed by atoms with E-state index >= 15 is 0 Å². The summed E-state index contributed by atoms with van der Waals surface area (Å²) in [6.07, 6.45) is 0.729. The van der Waals surface area contributed by atoms with Crippen LogP contribution in [-0.2, 0) is 16.4 Å². The third kappa shape index (κ3) is 3.72. The van der Waals surface area contributed by atoms with E-state index in [0.717, 1.165) is 12.0 Å². The van der Waals surface area contributed by atoms with Crippen molar-refractivity contribution in [3.8, 4) is 5.75 Å². The highest BCUT2D eigenvalue weighted by molar-refractivity contribution is 7.92. The number of nitrogens with one attached hydrogen (secondary N) is 1. The standard InChI is InChI=1S/C16H18ClNO3S/c1-3-12-7-5-6-8-14(12)18-22(19,20)16-11-13(17)9-10-15(16)21-4-2/h5-11,18H,3-4H2,1-2H3. The number of hydrogen-bond donors (Lipinski definition) is 1. The van der Waals surface area contributed by atoms with E-state index in [2.05, 4.69) is 4.72 Å². The van der Waals surface area contributed by atoms with Crippen molar-refractivity contribution < 1.29 is 13.2 Å². The molecule has 0 spiro atoms. The zero-order valence-electron chi connectivity index (χ0n) is 12.5. The van der Waals surface area contributed by atoms with E-state index in [0.29, 0.717) is 17.3 Å². The van der Waals surface area contributed by atoms with Crippen molar-refractivity contribution in [1.29, 1.82) is 0 Å². The predicted molar refractivity (Wildman–Crippen MR) is 89.2 cm³/mol. The molecule has 6 heteroatoms. The molecule has 2 aromatic rings. The van der Waals surface area contributed by atoms with Gasteiger partial charge in [0.05, 0.1) is 12.3 Å². The first-order valence-electron chi connectivity index (χ1n) is 7.01. The maximum absolute atomic E-state index is 12.7. The number of benzene rings is 2. The summed E-state index contributed by atoms with van der Waals surface area (Å²) >= 11 is 5.94. The molecular formula is C16H18ClNO3S. The second-order valence-electron chi connectivity index (χ2n) is 4.64. The first kappa shape index (κ1) is 16.6. The minimum absolute atomic E-state index is 0.0350. The van der Waals surface area contributed by atoms with Crippen LogP contribution in [0, 0.1) is 0 Å². The Balaban J connectivity index is 2.44. The van der Waals surface area contributed by atoms with E-state index in [1.165, 1.54) is 6.07 Å². The van der Waals surface area contributed by atoms with Crippen molar-refractivity contribution in [2.45, 2.75) is 25.2 Å². The molecule has 0 atom stereocenters. The highest BCUT2D eigenvalue weighted by atomic mass is 35.5. The maximum atomic E-state index is 12.7. The second-order valence-corrected chi connectivity index (χ2v) is 6.73. The third-order valence-corrected chi connectivity index (χ3v) is 4.76. The summed E-state index contributed by atoms with van der Waals surface area (Å²) in [4.78, 5) is 0.0350. The molecule has 0 aromatic heterocycles. The Morgan fingerprint density at radius 3 is 2.55 bits per heavy atom. The predicted octanol–water partition coefficient (Wildman–Crippen LogP) is 4.10. The van der Waals surface area contributed by atoms with Crippen molar-refractivity contribution in [2.24, 2.45) is 0 Å². The van der Waals surface area contributed by atoms with Crippen LogP contribution < -0.4 is 9.46 Å². The molecule has 0 saturated carbocycles. The van der Waals surface area contributed by atoms with Crippen LogP contribution in [-0.4, -0.2) is 15.0 Å². The molecular weight excluding hydrogens is 322 g/mol. The number of halogens is 1. The average Bonchev–Trinajstić information content (AvgIpc) is 2.49. The Hall–Kier alpha value is -1.72. The summed E-state index contributed by atoms with van der Waals surface area (Å²) in [5.74, 6) is 0.286. The van der Waals surface area contributed by atoms with E-state index in [9.17, 15) is 8.42 Å². The van der Waals surface area contributed by atoms with Crippen LogP contribution in [0.5, 0.6) is 5.75 Å². The Bertz CT molecular complexity index is 760. The molecule has 0 amide bonds. The van der Waals surface area contributed by atoms with Gasteiger partial charge in [0.25, 0.3) is 10.0 Å². The number of sulfonamides is 1. The molecule has 0 heterocycles. The Morgan fingerprint density at radius 2 is 1.86 bits per heavy atom. The summed E-state index contributed by atoms with van der Waals surface area (Å²) < 4.78 is 33.3. The van der Waals surface area contributed by atoms with Gasteiger partial charge < -0.3 is 4.74 Å². The fourth-order valence-electron chi connectivity index (χ4n) is 2.09. The summed E-state index contributed by atoms with van der Waals surface area (Å²) in [7, 11) is -3.78. The van der Waals surface area contributed by atoms with Crippen LogP contribution in [0.25, 0.3) is 0 Å². The summed E-state index contributed by atoms with van der Waals surface area (Å²) in [5.41, 5.74) is 1.48. The molecule has 22 heavy (non-hydrogen) atoms. The number of aryl methyl sites for hydroxylation is 1. The minimum Gasteiger partial charge on any atom is -0.492 e. The maximum Gasteiger partial charge on any atom is 0.265 e. The average molecular weight is 340 g/mol. The van der Waals surface area contributed by atoms with Crippen LogP contribution in [0.15, 0.2) is 47.4 Å². The first-order valence-corrected chi connectivity index (χ1v) is 8.87. The second kappa shape index (κ2) is 7.03. The van der Waals surface area contributed by atoms with E-state index in [1.807, 2.05) is 19.1 Å². The Morgan fingerprint density at radius 1 is 1.14 bits per heavy atom. The van der Waals surface area contributed by atoms with Crippen LogP contribution in [0.1, 0.15) is 19.4 Å². The lowest BCUT2D eigenvalue weighted by molar-refractivity contribution is 0.331. The van der Waals surface area contributed by atoms with Crippen LogP contribution in [0.3, 0.4) is 0 Å². The Labute approximate surface area is 136 Å². The van der Waals surface area contributed by atoms with Gasteiger partial charge in [-0.3, -0.25) is 4.72 Å². The van der Waals surface area contributed by atoms with Crippen LogP contribution in [0.4, 0.5) is 5.69 Å². The van der Waals surface area contributed by atoms with Crippen LogP contribution >= 0.6 is 11.6 Å². The number of rotatable bonds is 6. The van der Waals surface area contributed by atoms with Gasteiger partial charge in [-0.15, -0.1) is 0 Å². The van der Waals surface area contributed by atoms with Gasteiger partial charge in [0.2, 0.25) is 0 Å². The van der Waals surface area contributed by atoms with Gasteiger partial charge in [0.1, 0.15) is 10.6 Å². The molecule has 0 fully saturated rings. The molecule has 1 N–H and O–H groups in total. The molecule has 0 aliphatic rings. The van der Waals surface area contributed by atoms with Crippen molar-refractivity contribution in [1.82, 2.24) is 0 Å². The molecule has 0 bridgehead atoms. The van der Waals surface area contributed by atoms with E-state index < -0.39 is 10.0 Å². The van der Waals surface area contributed by atoms with Crippen LogP contribution in [0.2, 0.25) is 5.02 Å². The molecule has 2 aromatic carbocycles. The number of anilines is 1. The molecule has 2 rings (SSSR count). The lowest BCUT2D eigenvalue weighted by Crippen LogP contribution is -2.15. The zero-order chi connectivity index (χ0) is 16.2. The van der Waals surface area contributed by atoms with Crippen molar-refractivity contribution in [3.05, 3.63) is 53.1 Å². The van der Waals surface area contributed by atoms with Gasteiger partial charge >= 0.3 is 0 Å². The normalized spacial score (nSPS) is 11.2. The number of hydrogen-bond acceptors (Lipinski definition) is 3. The van der Waals surface area contributed by atoms with Gasteiger partial charge in [0, 0.05) is 5.02 Å². The molecule has 118 valence electrons. The lowest BCUT2D eigenvalue weighted by Gasteiger charge is -2.14. The zero-order valence-corrected chi connectivity index (χ0v) is 14.0. The molecule has 4 nitrogen and oxygen atoms in total. The first-order chi connectivity index (χ1) is 10.5. The SMILES string of the molecule is CCOc1ccc(Cl)cc1S(=O)(=O)Nc1ccccc1CC. The molecule has 0 aliphatic heterocycles. The van der Waals surface area contributed by atoms with Crippen molar-refractivity contribution in [3.63, 3.8) is 0 Å². The summed E-state index contributed by atoms with van der Waals surface area (Å²) in [5, 5.41) is 0.340. The highest BCUT2D eigenvalue weighted by Crippen LogP contribution is 2.29. The quantitative estimate of drug-likeness (QED) is 0.862. The molecule has 0 aliphatic carbocycles. The topological polar surface area (TPSA) is 55.4 Å². The fourth-order valence-corrected chi connectivity index (χ4v) is 3.60. The molecule has 0 saturated heterocycles.